The van der Waals surface area contributed by atoms with Gasteiger partial charge in [0.05, 0.1) is 57.3 Å². The Morgan fingerprint density at radius 1 is 0.554 bits per heavy atom. The van der Waals surface area contributed by atoms with Crippen molar-refractivity contribution in [1.82, 2.24) is 0 Å². The van der Waals surface area contributed by atoms with Crippen molar-refractivity contribution in [1.29, 1.82) is 0 Å². The molecule has 296 valence electrons. The Hall–Kier alpha value is -4.88. The van der Waals surface area contributed by atoms with Gasteiger partial charge in [0, 0.05) is 16.0 Å². The van der Waals surface area contributed by atoms with Crippen LogP contribution in [0.15, 0.2) is 70.7 Å². The highest BCUT2D eigenvalue weighted by Crippen LogP contribution is 2.60. The zero-order valence-electron chi connectivity index (χ0n) is 27.5. The fourth-order valence-electron chi connectivity index (χ4n) is 8.36. The molecule has 2 aliphatic heterocycles. The topological polar surface area (TPSA) is 95.0 Å². The third-order valence-corrected chi connectivity index (χ3v) is 11.1. The molecule has 3 aromatic carbocycles. The summed E-state index contributed by atoms with van der Waals surface area (Å²) in [6.45, 7) is 0. The zero-order valence-corrected chi connectivity index (χ0v) is 29.1. The normalized spacial score (nSPS) is 25.7. The number of alkyl halides is 12. The average Bonchev–Trinajstić information content (AvgIpc) is 3.50. The van der Waals surface area contributed by atoms with Gasteiger partial charge in [-0.1, -0.05) is 27.6 Å². The highest BCUT2D eigenvalue weighted by atomic mass is 79.9. The third kappa shape index (κ3) is 6.42. The number of aromatic hydroxyl groups is 1. The minimum Gasteiger partial charge on any atom is -0.508 e. The number of benzene rings is 3. The number of nitrogens with zero attached hydrogens (tertiary/aromatic N) is 2. The van der Waals surface area contributed by atoms with Gasteiger partial charge in [-0.2, -0.15) is 52.7 Å². The van der Waals surface area contributed by atoms with Crippen molar-refractivity contribution in [2.24, 2.45) is 29.6 Å². The monoisotopic (exact) mass is 868 g/mol. The van der Waals surface area contributed by atoms with E-state index in [1.807, 2.05) is 0 Å². The molecule has 0 aromatic heterocycles. The van der Waals surface area contributed by atoms with Gasteiger partial charge >= 0.3 is 24.7 Å². The molecule has 4 aliphatic rings. The molecule has 0 radical (unpaired) electrons. The Labute approximate surface area is 314 Å². The van der Waals surface area contributed by atoms with Gasteiger partial charge in [-0.15, -0.1) is 0 Å². The number of imide groups is 2. The fraction of sp³-hybridized carbons (Fsp3) is 0.333. The van der Waals surface area contributed by atoms with E-state index in [0.717, 1.165) is 0 Å². The van der Waals surface area contributed by atoms with Gasteiger partial charge in [0.15, 0.2) is 0 Å². The number of fused-ring (bicyclic) bond motifs is 4. The Morgan fingerprint density at radius 2 is 0.982 bits per heavy atom. The molecule has 7 rings (SSSR count). The number of rotatable bonds is 3. The van der Waals surface area contributed by atoms with E-state index in [9.17, 15) is 77.0 Å². The molecule has 2 heterocycles. The Balaban J connectivity index is 1.36. The molecule has 0 bridgehead atoms. The van der Waals surface area contributed by atoms with E-state index in [4.69, 9.17) is 0 Å². The molecule has 1 saturated carbocycles. The second-order valence-corrected chi connectivity index (χ2v) is 14.7. The smallest absolute Gasteiger partial charge is 0.416 e. The molecular weight excluding hydrogens is 848 g/mol. The van der Waals surface area contributed by atoms with Gasteiger partial charge < -0.3 is 5.11 Å². The number of carbonyl (C=O) groups is 4. The second kappa shape index (κ2) is 12.8. The minimum absolute atomic E-state index is 0.0758. The number of phenols is 1. The molecule has 1 N–H and O–H groups in total. The first kappa shape index (κ1) is 39.4. The van der Waals surface area contributed by atoms with E-state index in [1.54, 1.807) is 0 Å². The van der Waals surface area contributed by atoms with Crippen molar-refractivity contribution in [3.05, 3.63) is 98.5 Å². The Morgan fingerprint density at radius 3 is 1.43 bits per heavy atom. The summed E-state index contributed by atoms with van der Waals surface area (Å²) in [6.07, 6.45) is -20.9. The molecule has 56 heavy (non-hydrogen) atoms. The maximum absolute atomic E-state index is 14.2. The lowest BCUT2D eigenvalue weighted by Crippen LogP contribution is -2.43. The van der Waals surface area contributed by atoms with Gasteiger partial charge in [0.25, 0.3) is 0 Å². The highest BCUT2D eigenvalue weighted by molar-refractivity contribution is 9.10. The van der Waals surface area contributed by atoms with E-state index in [1.165, 1.54) is 24.3 Å². The third-order valence-electron chi connectivity index (χ3n) is 10.6. The van der Waals surface area contributed by atoms with Crippen LogP contribution < -0.4 is 9.80 Å². The number of hydrogen-bond acceptors (Lipinski definition) is 5. The second-order valence-electron chi connectivity index (χ2n) is 13.8. The summed E-state index contributed by atoms with van der Waals surface area (Å²) in [5.74, 6) is -14.3. The largest absolute Gasteiger partial charge is 0.508 e. The first-order valence-electron chi connectivity index (χ1n) is 16.3. The summed E-state index contributed by atoms with van der Waals surface area (Å²) in [4.78, 5) is 56.6. The van der Waals surface area contributed by atoms with Crippen LogP contribution in [-0.4, -0.2) is 28.7 Å². The van der Waals surface area contributed by atoms with E-state index < -0.39 is 130 Å². The highest BCUT2D eigenvalue weighted by Gasteiger charge is 2.63. The van der Waals surface area contributed by atoms with Crippen molar-refractivity contribution in [3.8, 4) is 5.75 Å². The van der Waals surface area contributed by atoms with Crippen LogP contribution in [0, 0.1) is 29.6 Å². The molecule has 2 aliphatic carbocycles. The molecule has 6 unspecified atom stereocenters. The SMILES string of the molecule is O=C1C2CC=C3C(CC4C(=O)N(c5cc(C(F)(F)F)cc(C(F)(F)F)c5)C(=O)C4C3c3cc(Br)ccc3O)C2C(=O)N1c1cc(C(F)(F)F)cc(C(F)(F)F)c1. The van der Waals surface area contributed by atoms with Gasteiger partial charge in [-0.25, -0.2) is 9.80 Å². The number of anilines is 2. The van der Waals surface area contributed by atoms with Gasteiger partial charge in [0.2, 0.25) is 23.6 Å². The molecule has 4 amide bonds. The lowest BCUT2D eigenvalue weighted by atomic mass is 9.57. The minimum atomic E-state index is -5.37. The summed E-state index contributed by atoms with van der Waals surface area (Å²) in [7, 11) is 0. The summed E-state index contributed by atoms with van der Waals surface area (Å²) >= 11 is 3.22. The first-order chi connectivity index (χ1) is 25.8. The maximum Gasteiger partial charge on any atom is 0.416 e. The van der Waals surface area contributed by atoms with Crippen LogP contribution in [0.1, 0.15) is 46.6 Å². The number of phenolic OH excluding ortho intramolecular Hbond substituents is 1. The van der Waals surface area contributed by atoms with Crippen molar-refractivity contribution >= 4 is 50.9 Å². The van der Waals surface area contributed by atoms with Crippen LogP contribution in [0.5, 0.6) is 5.75 Å². The molecule has 2 saturated heterocycles. The average molecular weight is 869 g/mol. The summed E-state index contributed by atoms with van der Waals surface area (Å²) < 4.78 is 166. The van der Waals surface area contributed by atoms with Crippen molar-refractivity contribution < 1.29 is 77.0 Å². The fourth-order valence-corrected chi connectivity index (χ4v) is 8.73. The molecule has 7 nitrogen and oxygen atoms in total. The number of carbonyl (C=O) groups excluding carboxylic acids is 4. The van der Waals surface area contributed by atoms with Crippen LogP contribution in [0.2, 0.25) is 0 Å². The number of hydrogen-bond donors (Lipinski definition) is 1. The predicted molar refractivity (Wildman–Crippen MR) is 171 cm³/mol. The van der Waals surface area contributed by atoms with Crippen LogP contribution in [0.25, 0.3) is 0 Å². The summed E-state index contributed by atoms with van der Waals surface area (Å²) in [5.41, 5.74) is -9.38. The zero-order chi connectivity index (χ0) is 41.2. The predicted octanol–water partition coefficient (Wildman–Crippen LogP) is 9.28. The lowest BCUT2D eigenvalue weighted by molar-refractivity contribution is -0.144. The van der Waals surface area contributed by atoms with E-state index in [0.29, 0.717) is 4.47 Å². The molecule has 6 atom stereocenters. The van der Waals surface area contributed by atoms with Crippen LogP contribution in [-0.2, 0) is 43.9 Å². The lowest BCUT2D eigenvalue weighted by Gasteiger charge is -2.44. The number of amides is 4. The molecule has 3 aromatic rings. The Kier molecular flexibility index (Phi) is 9.01. The van der Waals surface area contributed by atoms with E-state index in [2.05, 4.69) is 15.9 Å². The first-order valence-corrected chi connectivity index (χ1v) is 17.1. The van der Waals surface area contributed by atoms with Gasteiger partial charge in [-0.05, 0) is 73.4 Å². The maximum atomic E-state index is 14.2. The van der Waals surface area contributed by atoms with Gasteiger partial charge in [-0.3, -0.25) is 19.2 Å². The van der Waals surface area contributed by atoms with Crippen molar-refractivity contribution in [2.45, 2.75) is 43.5 Å². The van der Waals surface area contributed by atoms with Crippen LogP contribution in [0.3, 0.4) is 0 Å². The molecular formula is C36H21BrF12N2O5. The molecule has 0 spiro atoms. The Bertz CT molecular complexity index is 2180. The summed E-state index contributed by atoms with van der Waals surface area (Å²) in [6, 6.07) is 4.19. The molecule has 3 fully saturated rings. The number of allylic oxidation sites excluding steroid dienone is 2. The molecule has 20 heteroatoms. The van der Waals surface area contributed by atoms with Crippen LogP contribution >= 0.6 is 15.9 Å². The van der Waals surface area contributed by atoms with E-state index >= 15 is 0 Å². The van der Waals surface area contributed by atoms with Crippen molar-refractivity contribution in [3.63, 3.8) is 0 Å². The van der Waals surface area contributed by atoms with Crippen molar-refractivity contribution in [2.75, 3.05) is 9.80 Å². The standard InChI is InChI=1S/C36H21BrF12N2O5/c37-17-1-4-25(52)23(11-17)26-20-2-3-21-27(31(55)50(29(21)53)18-7-13(33(38,39)40)5-14(8-18)34(41,42)43)22(20)12-24-28(26)32(56)51(30(24)54)19-9-15(35(44,45)46)6-16(10-19)36(47,48)49/h1-2,4-11,21-22,24,26-28,52H,3,12H2. The van der Waals surface area contributed by atoms with Gasteiger partial charge in [0.1, 0.15) is 5.75 Å². The summed E-state index contributed by atoms with van der Waals surface area (Å²) in [5, 5.41) is 11.0. The van der Waals surface area contributed by atoms with E-state index in [-0.39, 0.29) is 63.8 Å². The quantitative estimate of drug-likeness (QED) is 0.161. The van der Waals surface area contributed by atoms with Crippen LogP contribution in [0.4, 0.5) is 64.1 Å². The number of halogens is 13.